The molecule has 0 aliphatic rings. The van der Waals surface area contributed by atoms with Crippen molar-refractivity contribution in [2.24, 2.45) is 0 Å². The molecule has 1 aromatic heterocycles. The van der Waals surface area contributed by atoms with E-state index in [2.05, 4.69) is 0 Å². The highest BCUT2D eigenvalue weighted by Crippen LogP contribution is 2.21. The van der Waals surface area contributed by atoms with Gasteiger partial charge in [0.2, 0.25) is 5.88 Å². The number of H-pyrrole nitrogens is 1. The standard InChI is InChI=1S/C11H7F3N2O3/c1-4-9(17)15-11(19)16(10(4)18)8-3-6(13)5(12)2-7(8)14/h2-3,18H,1H3,(H,15,17,19). The summed E-state index contributed by atoms with van der Waals surface area (Å²) in [6.45, 7) is 1.18. The fourth-order valence-corrected chi connectivity index (χ4v) is 1.52. The number of aromatic hydroxyl groups is 1. The maximum Gasteiger partial charge on any atom is 0.335 e. The van der Waals surface area contributed by atoms with Crippen LogP contribution < -0.4 is 11.2 Å². The molecule has 0 fully saturated rings. The van der Waals surface area contributed by atoms with Crippen molar-refractivity contribution in [2.75, 3.05) is 0 Å². The van der Waals surface area contributed by atoms with E-state index in [0.717, 1.165) is 0 Å². The zero-order valence-electron chi connectivity index (χ0n) is 9.50. The number of benzene rings is 1. The fourth-order valence-electron chi connectivity index (χ4n) is 1.52. The second kappa shape index (κ2) is 4.30. The molecule has 0 saturated heterocycles. The minimum atomic E-state index is -1.44. The van der Waals surface area contributed by atoms with Crippen molar-refractivity contribution in [1.29, 1.82) is 0 Å². The normalized spacial score (nSPS) is 10.7. The van der Waals surface area contributed by atoms with E-state index in [4.69, 9.17) is 0 Å². The number of nitrogens with one attached hydrogen (secondary N) is 1. The molecule has 0 saturated carbocycles. The van der Waals surface area contributed by atoms with E-state index in [1.54, 1.807) is 0 Å². The summed E-state index contributed by atoms with van der Waals surface area (Å²) in [5, 5.41) is 9.66. The largest absolute Gasteiger partial charge is 0.494 e. The molecule has 0 spiro atoms. The molecule has 2 rings (SSSR count). The van der Waals surface area contributed by atoms with E-state index in [-0.39, 0.29) is 11.6 Å². The van der Waals surface area contributed by atoms with Crippen LogP contribution in [0.5, 0.6) is 5.88 Å². The van der Waals surface area contributed by atoms with Crippen LogP contribution in [-0.2, 0) is 0 Å². The molecule has 0 radical (unpaired) electrons. The van der Waals surface area contributed by atoms with Gasteiger partial charge in [0.05, 0.1) is 11.3 Å². The average molecular weight is 272 g/mol. The second-order valence-corrected chi connectivity index (χ2v) is 3.76. The van der Waals surface area contributed by atoms with Gasteiger partial charge in [-0.15, -0.1) is 0 Å². The van der Waals surface area contributed by atoms with Crippen molar-refractivity contribution in [3.8, 4) is 11.6 Å². The Hall–Kier alpha value is -2.51. The van der Waals surface area contributed by atoms with Gasteiger partial charge in [0.1, 0.15) is 0 Å². The van der Waals surface area contributed by atoms with Crippen LogP contribution in [0.2, 0.25) is 0 Å². The lowest BCUT2D eigenvalue weighted by Gasteiger charge is -2.10. The van der Waals surface area contributed by atoms with Crippen molar-refractivity contribution < 1.29 is 18.3 Å². The third kappa shape index (κ3) is 2.01. The highest BCUT2D eigenvalue weighted by molar-refractivity contribution is 5.39. The molecule has 1 aromatic carbocycles. The molecule has 2 N–H and O–H groups in total. The first-order valence-electron chi connectivity index (χ1n) is 5.02. The van der Waals surface area contributed by atoms with Crippen LogP contribution in [0.3, 0.4) is 0 Å². The Morgan fingerprint density at radius 2 is 1.68 bits per heavy atom. The van der Waals surface area contributed by atoms with Crippen molar-refractivity contribution >= 4 is 0 Å². The number of hydrogen-bond acceptors (Lipinski definition) is 3. The molecule has 0 amide bonds. The first-order chi connectivity index (χ1) is 8.82. The SMILES string of the molecule is Cc1c(O)n(-c2cc(F)c(F)cc2F)c(=O)[nH]c1=O. The van der Waals surface area contributed by atoms with Gasteiger partial charge in [-0.3, -0.25) is 9.78 Å². The molecule has 0 unspecified atom stereocenters. The van der Waals surface area contributed by atoms with Crippen molar-refractivity contribution in [3.05, 3.63) is 56.0 Å². The van der Waals surface area contributed by atoms with Gasteiger partial charge in [0.25, 0.3) is 5.56 Å². The van der Waals surface area contributed by atoms with Crippen molar-refractivity contribution in [1.82, 2.24) is 9.55 Å². The molecule has 0 bridgehead atoms. The maximum atomic E-state index is 13.5. The van der Waals surface area contributed by atoms with Gasteiger partial charge < -0.3 is 5.11 Å². The fraction of sp³-hybridized carbons (Fsp3) is 0.0909. The highest BCUT2D eigenvalue weighted by Gasteiger charge is 2.17. The molecule has 19 heavy (non-hydrogen) atoms. The third-order valence-electron chi connectivity index (χ3n) is 2.54. The summed E-state index contributed by atoms with van der Waals surface area (Å²) in [6, 6.07) is 0.639. The number of nitrogens with zero attached hydrogens (tertiary/aromatic N) is 1. The number of aromatic amines is 1. The lowest BCUT2D eigenvalue weighted by Crippen LogP contribution is -2.30. The third-order valence-corrected chi connectivity index (χ3v) is 2.54. The van der Waals surface area contributed by atoms with Gasteiger partial charge in [0, 0.05) is 12.1 Å². The Kier molecular flexibility index (Phi) is 2.93. The minimum Gasteiger partial charge on any atom is -0.494 e. The van der Waals surface area contributed by atoms with Gasteiger partial charge in [-0.1, -0.05) is 0 Å². The maximum absolute atomic E-state index is 13.5. The molecule has 100 valence electrons. The van der Waals surface area contributed by atoms with Gasteiger partial charge >= 0.3 is 5.69 Å². The molecule has 0 aliphatic carbocycles. The molecule has 1 heterocycles. The predicted molar refractivity (Wildman–Crippen MR) is 58.9 cm³/mol. The second-order valence-electron chi connectivity index (χ2n) is 3.76. The Labute approximate surface area is 103 Å². The van der Waals surface area contributed by atoms with Crippen molar-refractivity contribution in [3.63, 3.8) is 0 Å². The Balaban J connectivity index is 2.88. The van der Waals surface area contributed by atoms with Crippen molar-refractivity contribution in [2.45, 2.75) is 6.92 Å². The molecule has 8 heteroatoms. The van der Waals surface area contributed by atoms with Gasteiger partial charge in [0.15, 0.2) is 17.5 Å². The van der Waals surface area contributed by atoms with E-state index in [1.807, 2.05) is 4.98 Å². The zero-order chi connectivity index (χ0) is 14.3. The Bertz CT molecular complexity index is 780. The number of halogens is 3. The zero-order valence-corrected chi connectivity index (χ0v) is 9.50. The number of hydrogen-bond donors (Lipinski definition) is 2. The van der Waals surface area contributed by atoms with Crippen LogP contribution in [0.25, 0.3) is 5.69 Å². The average Bonchev–Trinajstić information content (AvgIpc) is 2.33. The summed E-state index contributed by atoms with van der Waals surface area (Å²) in [6.07, 6.45) is 0. The predicted octanol–water partition coefficient (Wildman–Crippen LogP) is 0.957. The summed E-state index contributed by atoms with van der Waals surface area (Å²) in [4.78, 5) is 24.5. The van der Waals surface area contributed by atoms with Crippen LogP contribution in [0, 0.1) is 24.4 Å². The van der Waals surface area contributed by atoms with E-state index in [0.29, 0.717) is 10.6 Å². The lowest BCUT2D eigenvalue weighted by atomic mass is 10.2. The van der Waals surface area contributed by atoms with E-state index in [1.165, 1.54) is 6.92 Å². The highest BCUT2D eigenvalue weighted by atomic mass is 19.2. The van der Waals surface area contributed by atoms with Crippen LogP contribution in [-0.4, -0.2) is 14.7 Å². The molecular formula is C11H7F3N2O3. The minimum absolute atomic E-state index is 0.233. The van der Waals surface area contributed by atoms with E-state index in [9.17, 15) is 27.9 Å². The molecule has 0 atom stereocenters. The van der Waals surface area contributed by atoms with Gasteiger partial charge in [-0.05, 0) is 6.92 Å². The van der Waals surface area contributed by atoms with E-state index >= 15 is 0 Å². The molecular weight excluding hydrogens is 265 g/mol. The van der Waals surface area contributed by atoms with Crippen LogP contribution in [0.4, 0.5) is 13.2 Å². The monoisotopic (exact) mass is 272 g/mol. The summed E-state index contributed by atoms with van der Waals surface area (Å²) in [7, 11) is 0. The van der Waals surface area contributed by atoms with Gasteiger partial charge in [-0.25, -0.2) is 22.5 Å². The summed E-state index contributed by atoms with van der Waals surface area (Å²) >= 11 is 0. The quantitative estimate of drug-likeness (QED) is 0.759. The summed E-state index contributed by atoms with van der Waals surface area (Å²) in [5.74, 6) is -4.94. The summed E-state index contributed by atoms with van der Waals surface area (Å²) in [5.41, 5.74) is -3.00. The first-order valence-corrected chi connectivity index (χ1v) is 5.02. The summed E-state index contributed by atoms with van der Waals surface area (Å²) < 4.78 is 39.8. The Morgan fingerprint density at radius 1 is 1.11 bits per heavy atom. The van der Waals surface area contributed by atoms with E-state index < -0.39 is 40.3 Å². The topological polar surface area (TPSA) is 75.1 Å². The lowest BCUT2D eigenvalue weighted by molar-refractivity contribution is 0.421. The van der Waals surface area contributed by atoms with Crippen LogP contribution in [0.15, 0.2) is 21.7 Å². The van der Waals surface area contributed by atoms with Gasteiger partial charge in [-0.2, -0.15) is 0 Å². The number of aromatic nitrogens is 2. The molecule has 2 aromatic rings. The number of rotatable bonds is 1. The van der Waals surface area contributed by atoms with Crippen LogP contribution in [0.1, 0.15) is 5.56 Å². The Morgan fingerprint density at radius 3 is 2.32 bits per heavy atom. The first kappa shape index (κ1) is 12.9. The molecule has 0 aliphatic heterocycles. The molecule has 5 nitrogen and oxygen atoms in total. The smallest absolute Gasteiger partial charge is 0.335 e. The van der Waals surface area contributed by atoms with Crippen LogP contribution >= 0.6 is 0 Å².